The molecule has 0 atom stereocenters. The van der Waals surface area contributed by atoms with Crippen molar-refractivity contribution >= 4 is 11.7 Å². The first-order chi connectivity index (χ1) is 7.90. The third-order valence-electron chi connectivity index (χ3n) is 2.40. The van der Waals surface area contributed by atoms with Crippen molar-refractivity contribution in [2.75, 3.05) is 0 Å². The molecule has 0 aliphatic carbocycles. The molecule has 0 fully saturated rings. The van der Waals surface area contributed by atoms with Gasteiger partial charge in [0, 0.05) is 6.54 Å². The first-order valence-corrected chi connectivity index (χ1v) is 5.42. The molecule has 1 aromatic rings. The Morgan fingerprint density at radius 3 is 2.24 bits per heavy atom. The van der Waals surface area contributed by atoms with Gasteiger partial charge in [0.25, 0.3) is 0 Å². The third-order valence-corrected chi connectivity index (χ3v) is 2.40. The number of nitrogens with one attached hydrogen (secondary N) is 1. The molecule has 0 aliphatic rings. The lowest BCUT2D eigenvalue weighted by Crippen LogP contribution is -2.24. The Labute approximate surface area is 100 Å². The summed E-state index contributed by atoms with van der Waals surface area (Å²) >= 11 is 0. The molecule has 0 bridgehead atoms. The number of Topliss-reactive ketones (excluding diaryl/α,β-unsaturated/α-hetero) is 1. The minimum atomic E-state index is -0.308. The number of carbonyl (C=O) groups is 2. The van der Waals surface area contributed by atoms with E-state index >= 15 is 0 Å². The Hall–Kier alpha value is -1.71. The average Bonchev–Trinajstić information content (AvgIpc) is 2.22. The van der Waals surface area contributed by atoms with Crippen LogP contribution in [0.25, 0.3) is 0 Å². The van der Waals surface area contributed by atoms with Crippen molar-refractivity contribution in [1.82, 2.24) is 5.32 Å². The lowest BCUT2D eigenvalue weighted by Gasteiger charge is -2.08. The Bertz CT molecular complexity index is 432. The maximum atomic E-state index is 13.3. The van der Waals surface area contributed by atoms with E-state index in [1.54, 1.807) is 26.0 Å². The Morgan fingerprint density at radius 2 is 1.76 bits per heavy atom. The fraction of sp³-hybridized carbons (Fsp3) is 0.385. The minimum absolute atomic E-state index is 0.112. The summed E-state index contributed by atoms with van der Waals surface area (Å²) in [6, 6.07) is 3.38. The summed E-state index contributed by atoms with van der Waals surface area (Å²) in [6.45, 7) is 5.05. The Kier molecular flexibility index (Phi) is 4.37. The van der Waals surface area contributed by atoms with Gasteiger partial charge in [-0.2, -0.15) is 0 Å². The topological polar surface area (TPSA) is 46.2 Å². The van der Waals surface area contributed by atoms with Crippen molar-refractivity contribution in [3.8, 4) is 0 Å². The molecular formula is C13H16FNO2. The number of halogens is 1. The molecule has 17 heavy (non-hydrogen) atoms. The zero-order valence-electron chi connectivity index (χ0n) is 10.3. The number of carbonyl (C=O) groups excluding carboxylic acids is 2. The molecule has 1 aromatic carbocycles. The van der Waals surface area contributed by atoms with Gasteiger partial charge >= 0.3 is 0 Å². The molecule has 0 heterocycles. The largest absolute Gasteiger partial charge is 0.352 e. The fourth-order valence-corrected chi connectivity index (χ4v) is 1.63. The van der Waals surface area contributed by atoms with Crippen LogP contribution in [0.2, 0.25) is 0 Å². The molecular weight excluding hydrogens is 221 g/mol. The van der Waals surface area contributed by atoms with E-state index in [1.165, 1.54) is 6.92 Å². The van der Waals surface area contributed by atoms with E-state index in [4.69, 9.17) is 0 Å². The first-order valence-electron chi connectivity index (χ1n) is 5.42. The van der Waals surface area contributed by atoms with Crippen LogP contribution < -0.4 is 5.32 Å². The van der Waals surface area contributed by atoms with Crippen molar-refractivity contribution in [3.05, 3.63) is 34.6 Å². The Balaban J connectivity index is 2.64. The molecule has 0 aliphatic heterocycles. The van der Waals surface area contributed by atoms with E-state index in [0.29, 0.717) is 17.7 Å². The summed E-state index contributed by atoms with van der Waals surface area (Å²) < 4.78 is 13.3. The zero-order chi connectivity index (χ0) is 13.0. The van der Waals surface area contributed by atoms with Gasteiger partial charge in [-0.1, -0.05) is 12.1 Å². The first kappa shape index (κ1) is 13.4. The van der Waals surface area contributed by atoms with Gasteiger partial charge in [0.15, 0.2) is 0 Å². The van der Waals surface area contributed by atoms with Crippen LogP contribution in [-0.2, 0) is 16.1 Å². The number of rotatable bonds is 4. The van der Waals surface area contributed by atoms with Crippen LogP contribution in [0.15, 0.2) is 12.1 Å². The lowest BCUT2D eigenvalue weighted by molar-refractivity contribution is -0.127. The molecule has 4 heteroatoms. The summed E-state index contributed by atoms with van der Waals surface area (Å²) in [6.07, 6.45) is -0.112. The predicted octanol–water partition coefficient (Wildman–Crippen LogP) is 2.04. The maximum absolute atomic E-state index is 13.3. The van der Waals surface area contributed by atoms with Crippen molar-refractivity contribution in [2.45, 2.75) is 33.7 Å². The normalized spacial score (nSPS) is 10.1. The molecule has 1 N–H and O–H groups in total. The highest BCUT2D eigenvalue weighted by molar-refractivity contribution is 5.96. The highest BCUT2D eigenvalue weighted by Crippen LogP contribution is 2.14. The highest BCUT2D eigenvalue weighted by atomic mass is 19.1. The number of benzene rings is 1. The number of ketones is 1. The van der Waals surface area contributed by atoms with Crippen molar-refractivity contribution < 1.29 is 14.0 Å². The summed E-state index contributed by atoms with van der Waals surface area (Å²) in [5.41, 5.74) is 1.94. The number of hydrogen-bond donors (Lipinski definition) is 1. The van der Waals surface area contributed by atoms with Crippen LogP contribution >= 0.6 is 0 Å². The van der Waals surface area contributed by atoms with Gasteiger partial charge in [0.1, 0.15) is 11.6 Å². The van der Waals surface area contributed by atoms with Crippen LogP contribution in [0.3, 0.4) is 0 Å². The third kappa shape index (κ3) is 3.98. The van der Waals surface area contributed by atoms with E-state index in [1.807, 2.05) is 0 Å². The summed E-state index contributed by atoms with van der Waals surface area (Å²) in [5.74, 6) is -0.699. The van der Waals surface area contributed by atoms with E-state index in [9.17, 15) is 14.0 Å². The molecule has 0 saturated carbocycles. The second-order valence-corrected chi connectivity index (χ2v) is 4.20. The molecule has 0 aromatic heterocycles. The molecule has 3 nitrogen and oxygen atoms in total. The monoisotopic (exact) mass is 237 g/mol. The molecule has 0 unspecified atom stereocenters. The molecule has 1 rings (SSSR count). The van der Waals surface area contributed by atoms with Crippen LogP contribution in [0.5, 0.6) is 0 Å². The van der Waals surface area contributed by atoms with Crippen LogP contribution in [0.4, 0.5) is 4.39 Å². The Morgan fingerprint density at radius 1 is 1.24 bits per heavy atom. The van der Waals surface area contributed by atoms with Gasteiger partial charge in [-0.15, -0.1) is 0 Å². The van der Waals surface area contributed by atoms with Crippen molar-refractivity contribution in [3.63, 3.8) is 0 Å². The second-order valence-electron chi connectivity index (χ2n) is 4.20. The fourth-order valence-electron chi connectivity index (χ4n) is 1.63. The number of amides is 1. The molecule has 92 valence electrons. The maximum Gasteiger partial charge on any atom is 0.227 e. The lowest BCUT2D eigenvalue weighted by atomic mass is 10.1. The average molecular weight is 237 g/mol. The van der Waals surface area contributed by atoms with Gasteiger partial charge in [-0.05, 0) is 37.5 Å². The van der Waals surface area contributed by atoms with Crippen LogP contribution in [0, 0.1) is 19.7 Å². The van der Waals surface area contributed by atoms with E-state index in [-0.39, 0.29) is 23.9 Å². The standard InChI is InChI=1S/C13H16FNO2/c1-8-4-11(5-9(2)13(8)14)7-15-12(17)6-10(3)16/h4-5H,6-7H2,1-3H3,(H,15,17). The molecule has 1 amide bonds. The van der Waals surface area contributed by atoms with Crippen LogP contribution in [0.1, 0.15) is 30.0 Å². The smallest absolute Gasteiger partial charge is 0.227 e. The summed E-state index contributed by atoms with van der Waals surface area (Å²) in [5, 5.41) is 2.62. The van der Waals surface area contributed by atoms with E-state index in [0.717, 1.165) is 5.56 Å². The van der Waals surface area contributed by atoms with E-state index in [2.05, 4.69) is 5.32 Å². The van der Waals surface area contributed by atoms with Gasteiger partial charge in [0.2, 0.25) is 5.91 Å². The molecule has 0 radical (unpaired) electrons. The van der Waals surface area contributed by atoms with Gasteiger partial charge < -0.3 is 5.32 Å². The molecule has 0 saturated heterocycles. The SMILES string of the molecule is CC(=O)CC(=O)NCc1cc(C)c(F)c(C)c1. The van der Waals surface area contributed by atoms with Gasteiger partial charge in [0.05, 0.1) is 6.42 Å². The summed E-state index contributed by atoms with van der Waals surface area (Å²) in [4.78, 5) is 22.0. The second kappa shape index (κ2) is 5.57. The number of hydrogen-bond acceptors (Lipinski definition) is 2. The quantitative estimate of drug-likeness (QED) is 0.814. The summed E-state index contributed by atoms with van der Waals surface area (Å²) in [7, 11) is 0. The van der Waals surface area contributed by atoms with Gasteiger partial charge in [-0.25, -0.2) is 4.39 Å². The van der Waals surface area contributed by atoms with E-state index < -0.39 is 0 Å². The predicted molar refractivity (Wildman–Crippen MR) is 63.0 cm³/mol. The zero-order valence-corrected chi connectivity index (χ0v) is 10.3. The number of aryl methyl sites for hydroxylation is 2. The van der Waals surface area contributed by atoms with Crippen molar-refractivity contribution in [2.24, 2.45) is 0 Å². The van der Waals surface area contributed by atoms with Crippen molar-refractivity contribution in [1.29, 1.82) is 0 Å². The van der Waals surface area contributed by atoms with Crippen LogP contribution in [-0.4, -0.2) is 11.7 Å². The highest BCUT2D eigenvalue weighted by Gasteiger charge is 2.07. The molecule has 0 spiro atoms. The van der Waals surface area contributed by atoms with Gasteiger partial charge in [-0.3, -0.25) is 9.59 Å². The minimum Gasteiger partial charge on any atom is -0.352 e.